The fraction of sp³-hybridized carbons (Fsp3) is 0.250. The van der Waals surface area contributed by atoms with Gasteiger partial charge in [0.2, 0.25) is 0 Å². The van der Waals surface area contributed by atoms with Crippen LogP contribution in [0.15, 0.2) is 66.9 Å². The number of carbonyl (C=O) groups excluding carboxylic acids is 1. The maximum atomic E-state index is 13.8. The van der Waals surface area contributed by atoms with Gasteiger partial charge in [0.15, 0.2) is 0 Å². The number of hydrogen-bond donors (Lipinski definition) is 1. The lowest BCUT2D eigenvalue weighted by Gasteiger charge is -2.31. The van der Waals surface area contributed by atoms with Crippen LogP contribution in [0.2, 0.25) is 0 Å². The van der Waals surface area contributed by atoms with Crippen molar-refractivity contribution in [3.63, 3.8) is 0 Å². The van der Waals surface area contributed by atoms with Crippen LogP contribution in [0.4, 0.5) is 14.9 Å². The molecule has 0 spiro atoms. The summed E-state index contributed by atoms with van der Waals surface area (Å²) in [6, 6.07) is 18.1. The third kappa shape index (κ3) is 3.62. The molecule has 1 N–H and O–H groups in total. The van der Waals surface area contributed by atoms with Gasteiger partial charge in [0, 0.05) is 22.3 Å². The Bertz CT molecular complexity index is 1350. The number of fused-ring (bicyclic) bond motifs is 5. The van der Waals surface area contributed by atoms with E-state index in [0.29, 0.717) is 12.2 Å². The number of aromatic nitrogens is 1. The van der Waals surface area contributed by atoms with E-state index < -0.39 is 0 Å². The van der Waals surface area contributed by atoms with Crippen molar-refractivity contribution in [2.75, 3.05) is 5.32 Å². The van der Waals surface area contributed by atoms with Crippen molar-refractivity contribution in [2.24, 2.45) is 0 Å². The Balaban J connectivity index is 1.49. The molecular formula is C28H26FN3OS. The minimum atomic E-state index is -0.322. The highest BCUT2D eigenvalue weighted by atomic mass is 32.1. The van der Waals surface area contributed by atoms with Gasteiger partial charge in [-0.15, -0.1) is 11.3 Å². The zero-order chi connectivity index (χ0) is 23.2. The smallest absolute Gasteiger partial charge is 0.310 e. The van der Waals surface area contributed by atoms with E-state index in [4.69, 9.17) is 0 Å². The number of thiophene rings is 1. The van der Waals surface area contributed by atoms with Gasteiger partial charge in [-0.3, -0.25) is 0 Å². The lowest BCUT2D eigenvalue weighted by Crippen LogP contribution is -2.38. The predicted octanol–water partition coefficient (Wildman–Crippen LogP) is 7.00. The van der Waals surface area contributed by atoms with E-state index in [2.05, 4.69) is 59.4 Å². The van der Waals surface area contributed by atoms with E-state index in [0.717, 1.165) is 24.1 Å². The van der Waals surface area contributed by atoms with Gasteiger partial charge in [0.05, 0.1) is 18.3 Å². The number of urea groups is 1. The molecule has 3 heterocycles. The van der Waals surface area contributed by atoms with Gasteiger partial charge >= 0.3 is 6.03 Å². The molecule has 0 radical (unpaired) electrons. The van der Waals surface area contributed by atoms with Crippen LogP contribution in [0.3, 0.4) is 0 Å². The van der Waals surface area contributed by atoms with Gasteiger partial charge in [-0.2, -0.15) is 0 Å². The zero-order valence-corrected chi connectivity index (χ0v) is 19.9. The lowest BCUT2D eigenvalue weighted by molar-refractivity contribution is 0.194. The second-order valence-corrected chi connectivity index (χ2v) is 10.3. The first kappa shape index (κ1) is 21.2. The summed E-state index contributed by atoms with van der Waals surface area (Å²) >= 11 is 1.88. The van der Waals surface area contributed by atoms with Crippen LogP contribution in [0.25, 0.3) is 5.00 Å². The highest BCUT2D eigenvalue weighted by molar-refractivity contribution is 7.15. The molecule has 2 aromatic heterocycles. The van der Waals surface area contributed by atoms with E-state index >= 15 is 0 Å². The summed E-state index contributed by atoms with van der Waals surface area (Å²) < 4.78 is 15.7. The number of nitrogens with one attached hydrogen (secondary N) is 1. The monoisotopic (exact) mass is 471 g/mol. The maximum absolute atomic E-state index is 13.8. The molecule has 2 amide bonds. The molecule has 1 aliphatic heterocycles. The quantitative estimate of drug-likeness (QED) is 0.336. The summed E-state index contributed by atoms with van der Waals surface area (Å²) in [6.07, 6.45) is 6.73. The molecule has 2 aromatic carbocycles. The van der Waals surface area contributed by atoms with Crippen LogP contribution in [-0.2, 0) is 19.4 Å². The molecule has 4 nitrogen and oxygen atoms in total. The molecular weight excluding hydrogens is 445 g/mol. The highest BCUT2D eigenvalue weighted by Gasteiger charge is 2.36. The standard InChI is InChI=1S/C28H26FN3OS/c1-18-8-10-19(11-9-18)26-24-6-4-16-31(24)27-23(22-5-2-3-7-25(22)34-27)17-32(26)28(33)30-21-14-12-20(29)13-15-21/h4,6,8-16,26H,2-3,5,7,17H2,1H3,(H,30,33). The van der Waals surface area contributed by atoms with Crippen LogP contribution < -0.4 is 5.32 Å². The number of nitrogens with zero attached hydrogens (tertiary/aromatic N) is 2. The first-order chi connectivity index (χ1) is 16.6. The number of halogens is 1. The Kier molecular flexibility index (Phi) is 5.26. The Morgan fingerprint density at radius 1 is 1.00 bits per heavy atom. The van der Waals surface area contributed by atoms with Gasteiger partial charge < -0.3 is 14.8 Å². The van der Waals surface area contributed by atoms with Gasteiger partial charge in [0.25, 0.3) is 0 Å². The van der Waals surface area contributed by atoms with Gasteiger partial charge in [-0.25, -0.2) is 9.18 Å². The number of aryl methyl sites for hydroxylation is 2. The van der Waals surface area contributed by atoms with Crippen molar-refractivity contribution >= 4 is 23.1 Å². The highest BCUT2D eigenvalue weighted by Crippen LogP contribution is 2.44. The van der Waals surface area contributed by atoms with Crippen molar-refractivity contribution < 1.29 is 9.18 Å². The summed E-state index contributed by atoms with van der Waals surface area (Å²) in [5, 5.41) is 4.26. The van der Waals surface area contributed by atoms with Crippen LogP contribution in [0.1, 0.15) is 51.7 Å². The molecule has 34 heavy (non-hydrogen) atoms. The minimum absolute atomic E-state index is 0.187. The minimum Gasteiger partial charge on any atom is -0.310 e. The SMILES string of the molecule is Cc1ccc(C2c3cccn3-c3sc4c(c3CN2C(=O)Nc2ccc(F)cc2)CCCC4)cc1. The first-order valence-corrected chi connectivity index (χ1v) is 12.6. The Morgan fingerprint density at radius 2 is 1.76 bits per heavy atom. The molecule has 0 saturated carbocycles. The number of rotatable bonds is 2. The van der Waals surface area contributed by atoms with Crippen molar-refractivity contribution in [1.82, 2.24) is 9.47 Å². The van der Waals surface area contributed by atoms with Crippen molar-refractivity contribution in [1.29, 1.82) is 0 Å². The molecule has 0 fully saturated rings. The largest absolute Gasteiger partial charge is 0.322 e. The Morgan fingerprint density at radius 3 is 2.56 bits per heavy atom. The normalized spacial score (nSPS) is 16.9. The first-order valence-electron chi connectivity index (χ1n) is 11.8. The van der Waals surface area contributed by atoms with E-state index in [1.165, 1.54) is 51.5 Å². The average molecular weight is 472 g/mol. The average Bonchev–Trinajstić information content (AvgIpc) is 3.43. The molecule has 0 saturated heterocycles. The fourth-order valence-electron chi connectivity index (χ4n) is 5.21. The van der Waals surface area contributed by atoms with E-state index in [1.807, 2.05) is 16.2 Å². The molecule has 6 heteroatoms. The summed E-state index contributed by atoms with van der Waals surface area (Å²) in [7, 11) is 0. The Hall–Kier alpha value is -3.38. The topological polar surface area (TPSA) is 37.3 Å². The molecule has 0 bridgehead atoms. The molecule has 172 valence electrons. The van der Waals surface area contributed by atoms with Crippen molar-refractivity contribution in [3.8, 4) is 5.00 Å². The summed E-state index contributed by atoms with van der Waals surface area (Å²) in [4.78, 5) is 17.2. The molecule has 1 unspecified atom stereocenters. The van der Waals surface area contributed by atoms with Crippen LogP contribution in [0.5, 0.6) is 0 Å². The number of carbonyl (C=O) groups is 1. The maximum Gasteiger partial charge on any atom is 0.322 e. The molecule has 2 aliphatic rings. The third-order valence-electron chi connectivity index (χ3n) is 6.93. The van der Waals surface area contributed by atoms with Crippen molar-refractivity contribution in [2.45, 2.75) is 45.2 Å². The van der Waals surface area contributed by atoms with Crippen LogP contribution >= 0.6 is 11.3 Å². The van der Waals surface area contributed by atoms with E-state index in [-0.39, 0.29) is 17.9 Å². The van der Waals surface area contributed by atoms with Gasteiger partial charge in [-0.05, 0) is 80.1 Å². The van der Waals surface area contributed by atoms with Crippen molar-refractivity contribution in [3.05, 3.63) is 106 Å². The number of amides is 2. The van der Waals surface area contributed by atoms with Gasteiger partial charge in [-0.1, -0.05) is 29.8 Å². The second kappa shape index (κ2) is 8.44. The number of hydrogen-bond acceptors (Lipinski definition) is 2. The summed E-state index contributed by atoms with van der Waals surface area (Å²) in [5.41, 5.74) is 6.61. The van der Waals surface area contributed by atoms with E-state index in [1.54, 1.807) is 12.1 Å². The number of benzene rings is 2. The lowest BCUT2D eigenvalue weighted by atomic mass is 9.95. The van der Waals surface area contributed by atoms with Crippen LogP contribution in [-0.4, -0.2) is 15.5 Å². The summed E-state index contributed by atoms with van der Waals surface area (Å²) in [5.74, 6) is -0.322. The third-order valence-corrected chi connectivity index (χ3v) is 8.26. The van der Waals surface area contributed by atoms with E-state index in [9.17, 15) is 9.18 Å². The van der Waals surface area contributed by atoms with Crippen LogP contribution in [0, 0.1) is 12.7 Å². The number of anilines is 1. The second-order valence-electron chi connectivity index (χ2n) is 9.18. The summed E-state index contributed by atoms with van der Waals surface area (Å²) in [6.45, 7) is 2.61. The predicted molar refractivity (Wildman–Crippen MR) is 134 cm³/mol. The van der Waals surface area contributed by atoms with Gasteiger partial charge in [0.1, 0.15) is 10.8 Å². The Labute approximate surface area is 202 Å². The molecule has 4 aromatic rings. The zero-order valence-electron chi connectivity index (χ0n) is 19.1. The fourth-order valence-corrected chi connectivity index (χ4v) is 6.62. The molecule has 1 aliphatic carbocycles. The molecule has 6 rings (SSSR count). The molecule has 1 atom stereocenters.